The molecule has 0 fully saturated rings. The van der Waals surface area contributed by atoms with Crippen LogP contribution in [0.25, 0.3) is 0 Å². The number of carbonyl (C=O) groups excluding carboxylic acids is 1. The predicted molar refractivity (Wildman–Crippen MR) is 56.7 cm³/mol. The van der Waals surface area contributed by atoms with Crippen molar-refractivity contribution < 1.29 is 4.79 Å². The summed E-state index contributed by atoms with van der Waals surface area (Å²) in [4.78, 5) is 11.2. The first-order valence-electron chi connectivity index (χ1n) is 4.84. The molecule has 0 aliphatic carbocycles. The zero-order valence-corrected chi connectivity index (χ0v) is 9.25. The van der Waals surface area contributed by atoms with Gasteiger partial charge >= 0.3 is 0 Å². The van der Waals surface area contributed by atoms with Crippen LogP contribution in [0.2, 0.25) is 0 Å². The van der Waals surface area contributed by atoms with Crippen molar-refractivity contribution in [2.45, 2.75) is 51.7 Å². The quantitative estimate of drug-likeness (QED) is 0.610. The number of carbonyl (C=O) groups is 1. The molecule has 0 heterocycles. The Morgan fingerprint density at radius 1 is 1.42 bits per heavy atom. The molecule has 12 heavy (non-hydrogen) atoms. The van der Waals surface area contributed by atoms with Crippen molar-refractivity contribution >= 4 is 17.5 Å². The third kappa shape index (κ3) is 6.71. The van der Waals surface area contributed by atoms with Crippen molar-refractivity contribution in [2.75, 3.05) is 5.75 Å². The Morgan fingerprint density at radius 2 is 2.08 bits per heavy atom. The lowest BCUT2D eigenvalue weighted by atomic mass is 10.2. The van der Waals surface area contributed by atoms with Gasteiger partial charge in [-0.15, -0.1) is 0 Å². The van der Waals surface area contributed by atoms with E-state index >= 15 is 0 Å². The largest absolute Gasteiger partial charge is 0.299 e. The van der Waals surface area contributed by atoms with Gasteiger partial charge in [0.1, 0.15) is 5.78 Å². The molecule has 0 aromatic rings. The van der Waals surface area contributed by atoms with Crippen molar-refractivity contribution in [2.24, 2.45) is 0 Å². The molecule has 2 heteroatoms. The molecule has 0 saturated heterocycles. The van der Waals surface area contributed by atoms with Crippen LogP contribution in [0.15, 0.2) is 0 Å². The highest BCUT2D eigenvalue weighted by Crippen LogP contribution is 2.14. The fraction of sp³-hybridized carbons (Fsp3) is 0.900. The van der Waals surface area contributed by atoms with Crippen LogP contribution in [0.3, 0.4) is 0 Å². The smallest absolute Gasteiger partial charge is 0.142 e. The molecular weight excluding hydrogens is 168 g/mol. The van der Waals surface area contributed by atoms with E-state index in [1.807, 2.05) is 0 Å². The fourth-order valence-electron chi connectivity index (χ4n) is 0.799. The van der Waals surface area contributed by atoms with Crippen LogP contribution in [0, 0.1) is 0 Å². The monoisotopic (exact) mass is 188 g/mol. The Morgan fingerprint density at radius 3 is 2.58 bits per heavy atom. The van der Waals surface area contributed by atoms with E-state index in [2.05, 4.69) is 20.8 Å². The molecule has 0 aromatic carbocycles. The summed E-state index contributed by atoms with van der Waals surface area (Å²) in [6, 6.07) is 0. The van der Waals surface area contributed by atoms with Gasteiger partial charge in [0.2, 0.25) is 0 Å². The molecule has 1 unspecified atom stereocenters. The normalized spacial score (nSPS) is 12.9. The lowest BCUT2D eigenvalue weighted by Crippen LogP contribution is -2.04. The summed E-state index contributed by atoms with van der Waals surface area (Å²) in [5.74, 6) is 1.14. The van der Waals surface area contributed by atoms with Gasteiger partial charge in [-0.2, -0.15) is 11.8 Å². The van der Waals surface area contributed by atoms with Gasteiger partial charge in [0.15, 0.2) is 0 Å². The SMILES string of the molecule is CCCCC(=O)CSC(C)CC. The van der Waals surface area contributed by atoms with Gasteiger partial charge < -0.3 is 0 Å². The number of unbranched alkanes of at least 4 members (excludes halogenated alkanes) is 1. The molecule has 0 aliphatic heterocycles. The molecule has 0 rings (SSSR count). The van der Waals surface area contributed by atoms with E-state index in [0.29, 0.717) is 11.0 Å². The van der Waals surface area contributed by atoms with Gasteiger partial charge in [-0.3, -0.25) is 4.79 Å². The molecule has 0 aromatic heterocycles. The van der Waals surface area contributed by atoms with Crippen LogP contribution in [0.1, 0.15) is 46.5 Å². The van der Waals surface area contributed by atoms with Crippen molar-refractivity contribution in [1.82, 2.24) is 0 Å². The number of thioether (sulfide) groups is 1. The predicted octanol–water partition coefficient (Wildman–Crippen LogP) is 3.28. The third-order valence-electron chi connectivity index (χ3n) is 1.91. The highest BCUT2D eigenvalue weighted by atomic mass is 32.2. The summed E-state index contributed by atoms with van der Waals surface area (Å²) in [5.41, 5.74) is 0. The third-order valence-corrected chi connectivity index (χ3v) is 3.30. The number of ketones is 1. The van der Waals surface area contributed by atoms with Gasteiger partial charge in [0.05, 0.1) is 5.75 Å². The Labute approximate surface area is 80.3 Å². The highest BCUT2D eigenvalue weighted by Gasteiger charge is 2.04. The van der Waals surface area contributed by atoms with Gasteiger partial charge in [-0.1, -0.05) is 27.2 Å². The van der Waals surface area contributed by atoms with E-state index < -0.39 is 0 Å². The van der Waals surface area contributed by atoms with E-state index in [0.717, 1.165) is 31.4 Å². The van der Waals surface area contributed by atoms with E-state index in [1.54, 1.807) is 11.8 Å². The minimum atomic E-state index is 0.419. The zero-order chi connectivity index (χ0) is 9.40. The Kier molecular flexibility index (Phi) is 7.67. The second-order valence-corrected chi connectivity index (χ2v) is 4.60. The summed E-state index contributed by atoms with van der Waals surface area (Å²) in [6.45, 7) is 6.46. The van der Waals surface area contributed by atoms with Gasteiger partial charge in [-0.05, 0) is 12.8 Å². The number of hydrogen-bond acceptors (Lipinski definition) is 2. The fourth-order valence-corrected chi connectivity index (χ4v) is 1.65. The average molecular weight is 188 g/mol. The minimum Gasteiger partial charge on any atom is -0.299 e. The highest BCUT2D eigenvalue weighted by molar-refractivity contribution is 8.00. The van der Waals surface area contributed by atoms with Crippen LogP contribution in [0.5, 0.6) is 0 Å². The maximum absolute atomic E-state index is 11.2. The molecule has 0 N–H and O–H groups in total. The summed E-state index contributed by atoms with van der Waals surface area (Å²) in [7, 11) is 0. The molecule has 0 spiro atoms. The molecule has 1 atom stereocenters. The molecule has 0 aliphatic rings. The van der Waals surface area contributed by atoms with E-state index in [-0.39, 0.29) is 0 Å². The second kappa shape index (κ2) is 7.66. The molecule has 0 radical (unpaired) electrons. The standard InChI is InChI=1S/C10H20OS/c1-4-6-7-10(11)8-12-9(3)5-2/h9H,4-8H2,1-3H3. The Hall–Kier alpha value is 0.0200. The number of Topliss-reactive ketones (excluding diaryl/α,β-unsaturated/α-hetero) is 1. The summed E-state index contributed by atoms with van der Waals surface area (Å²) >= 11 is 1.79. The van der Waals surface area contributed by atoms with Crippen molar-refractivity contribution in [3.8, 4) is 0 Å². The van der Waals surface area contributed by atoms with Gasteiger partial charge in [0, 0.05) is 11.7 Å². The van der Waals surface area contributed by atoms with E-state index in [9.17, 15) is 4.79 Å². The van der Waals surface area contributed by atoms with Crippen molar-refractivity contribution in [1.29, 1.82) is 0 Å². The molecule has 0 amide bonds. The van der Waals surface area contributed by atoms with Gasteiger partial charge in [-0.25, -0.2) is 0 Å². The maximum Gasteiger partial charge on any atom is 0.142 e. The first-order valence-corrected chi connectivity index (χ1v) is 5.88. The molecular formula is C10H20OS. The van der Waals surface area contributed by atoms with Crippen LogP contribution in [0.4, 0.5) is 0 Å². The first-order chi connectivity index (χ1) is 5.70. The van der Waals surface area contributed by atoms with Crippen LogP contribution in [-0.4, -0.2) is 16.8 Å². The topological polar surface area (TPSA) is 17.1 Å². The van der Waals surface area contributed by atoms with Crippen molar-refractivity contribution in [3.05, 3.63) is 0 Å². The number of hydrogen-bond donors (Lipinski definition) is 0. The lowest BCUT2D eigenvalue weighted by Gasteiger charge is -2.06. The molecule has 0 bridgehead atoms. The van der Waals surface area contributed by atoms with Gasteiger partial charge in [0.25, 0.3) is 0 Å². The minimum absolute atomic E-state index is 0.419. The lowest BCUT2D eigenvalue weighted by molar-refractivity contribution is -0.116. The summed E-state index contributed by atoms with van der Waals surface area (Å²) in [6.07, 6.45) is 4.12. The summed E-state index contributed by atoms with van der Waals surface area (Å²) in [5, 5.41) is 0.635. The maximum atomic E-state index is 11.2. The Balaban J connectivity index is 3.31. The zero-order valence-electron chi connectivity index (χ0n) is 8.43. The van der Waals surface area contributed by atoms with Crippen LogP contribution < -0.4 is 0 Å². The molecule has 1 nitrogen and oxygen atoms in total. The molecule has 72 valence electrons. The average Bonchev–Trinajstić information content (AvgIpc) is 2.10. The summed E-state index contributed by atoms with van der Waals surface area (Å²) < 4.78 is 0. The van der Waals surface area contributed by atoms with Crippen LogP contribution >= 0.6 is 11.8 Å². The van der Waals surface area contributed by atoms with Crippen molar-refractivity contribution in [3.63, 3.8) is 0 Å². The van der Waals surface area contributed by atoms with Crippen LogP contribution in [-0.2, 0) is 4.79 Å². The van der Waals surface area contributed by atoms with E-state index in [4.69, 9.17) is 0 Å². The Bertz CT molecular complexity index is 123. The number of rotatable bonds is 7. The second-order valence-electron chi connectivity index (χ2n) is 3.17. The first kappa shape index (κ1) is 12.0. The van der Waals surface area contributed by atoms with E-state index in [1.165, 1.54) is 0 Å². The molecule has 0 saturated carbocycles.